The van der Waals surface area contributed by atoms with Gasteiger partial charge in [0.15, 0.2) is 10.9 Å². The number of nitrogens with one attached hydrogen (secondary N) is 1. The van der Waals surface area contributed by atoms with E-state index in [4.69, 9.17) is 0 Å². The molecule has 1 amide bonds. The minimum Gasteiger partial charge on any atom is -0.326 e. The highest BCUT2D eigenvalue weighted by Crippen LogP contribution is 2.21. The first-order chi connectivity index (χ1) is 15.0. The molecule has 0 spiro atoms. The van der Waals surface area contributed by atoms with Crippen molar-refractivity contribution in [1.82, 2.24) is 14.8 Å². The Labute approximate surface area is 187 Å². The molecular formula is C24H28N4O2S. The first-order valence-corrected chi connectivity index (χ1v) is 11.5. The summed E-state index contributed by atoms with van der Waals surface area (Å²) in [6, 6.07) is 17.2. The summed E-state index contributed by atoms with van der Waals surface area (Å²) in [5.74, 6) is 1.47. The lowest BCUT2D eigenvalue weighted by molar-refractivity contribution is -0.116. The molecule has 3 aromatic rings. The molecule has 0 unspecified atom stereocenters. The molecule has 2 aromatic carbocycles. The summed E-state index contributed by atoms with van der Waals surface area (Å²) in [4.78, 5) is 24.5. The summed E-state index contributed by atoms with van der Waals surface area (Å²) in [5.41, 5.74) is 2.49. The predicted molar refractivity (Wildman–Crippen MR) is 125 cm³/mol. The van der Waals surface area contributed by atoms with Crippen molar-refractivity contribution in [2.24, 2.45) is 5.92 Å². The molecule has 0 radical (unpaired) electrons. The molecule has 7 heteroatoms. The van der Waals surface area contributed by atoms with Crippen LogP contribution < -0.4 is 5.32 Å². The van der Waals surface area contributed by atoms with E-state index >= 15 is 0 Å². The van der Waals surface area contributed by atoms with Gasteiger partial charge >= 0.3 is 0 Å². The maximum absolute atomic E-state index is 12.6. The van der Waals surface area contributed by atoms with Gasteiger partial charge in [0.1, 0.15) is 5.82 Å². The average Bonchev–Trinajstić information content (AvgIpc) is 3.14. The maximum atomic E-state index is 12.6. The van der Waals surface area contributed by atoms with Gasteiger partial charge in [-0.25, -0.2) is 0 Å². The molecule has 0 aliphatic heterocycles. The van der Waals surface area contributed by atoms with Crippen LogP contribution >= 0.6 is 11.8 Å². The van der Waals surface area contributed by atoms with Crippen molar-refractivity contribution in [2.45, 2.75) is 45.3 Å². The Morgan fingerprint density at radius 2 is 1.74 bits per heavy atom. The number of ketones is 1. The number of nitrogens with zero attached hydrogens (tertiary/aromatic N) is 3. The Balaban J connectivity index is 1.58. The van der Waals surface area contributed by atoms with Crippen molar-refractivity contribution in [2.75, 3.05) is 11.1 Å². The third-order valence-corrected chi connectivity index (χ3v) is 5.70. The molecule has 1 N–H and O–H groups in total. The molecule has 0 atom stereocenters. The van der Waals surface area contributed by atoms with Crippen LogP contribution in [0.4, 0.5) is 5.69 Å². The van der Waals surface area contributed by atoms with Crippen molar-refractivity contribution < 1.29 is 9.59 Å². The van der Waals surface area contributed by atoms with Crippen molar-refractivity contribution in [1.29, 1.82) is 0 Å². The van der Waals surface area contributed by atoms with Crippen molar-refractivity contribution in [3.8, 4) is 0 Å². The number of aromatic nitrogens is 3. The number of hydrogen-bond donors (Lipinski definition) is 1. The van der Waals surface area contributed by atoms with Crippen LogP contribution in [0.2, 0.25) is 0 Å². The molecule has 31 heavy (non-hydrogen) atoms. The van der Waals surface area contributed by atoms with Crippen LogP contribution in [0.25, 0.3) is 0 Å². The van der Waals surface area contributed by atoms with Gasteiger partial charge < -0.3 is 9.88 Å². The molecular weight excluding hydrogens is 408 g/mol. The van der Waals surface area contributed by atoms with Crippen LogP contribution in [-0.2, 0) is 17.8 Å². The van der Waals surface area contributed by atoms with E-state index in [9.17, 15) is 9.59 Å². The standard InChI is InChI=1S/C24H28N4O2S/c1-4-28-22(15-18-8-6-5-7-9-18)26-27-24(28)31-16-21(29)19-10-12-20(13-11-19)25-23(30)14-17(2)3/h5-13,17H,4,14-16H2,1-3H3,(H,25,30). The van der Waals surface area contributed by atoms with Crippen LogP contribution in [0.1, 0.15) is 48.9 Å². The summed E-state index contributed by atoms with van der Waals surface area (Å²) in [6.45, 7) is 6.80. The van der Waals surface area contributed by atoms with Crippen molar-refractivity contribution in [3.63, 3.8) is 0 Å². The van der Waals surface area contributed by atoms with Gasteiger partial charge in [0.05, 0.1) is 5.75 Å². The minimum atomic E-state index is -0.0187. The van der Waals surface area contributed by atoms with Crippen LogP contribution in [0.15, 0.2) is 59.8 Å². The molecule has 0 saturated carbocycles. The van der Waals surface area contributed by atoms with E-state index in [1.165, 1.54) is 17.3 Å². The van der Waals surface area contributed by atoms with Gasteiger partial charge in [-0.15, -0.1) is 10.2 Å². The highest BCUT2D eigenvalue weighted by atomic mass is 32.2. The lowest BCUT2D eigenvalue weighted by atomic mass is 10.1. The second-order valence-electron chi connectivity index (χ2n) is 7.74. The number of thioether (sulfide) groups is 1. The van der Waals surface area contributed by atoms with E-state index in [0.29, 0.717) is 30.0 Å². The normalized spacial score (nSPS) is 11.0. The third-order valence-electron chi connectivity index (χ3n) is 4.73. The van der Waals surface area contributed by atoms with Crippen LogP contribution in [0.3, 0.4) is 0 Å². The lowest BCUT2D eigenvalue weighted by Gasteiger charge is -2.08. The Morgan fingerprint density at radius 3 is 2.39 bits per heavy atom. The van der Waals surface area contributed by atoms with Gasteiger partial charge in [-0.1, -0.05) is 55.9 Å². The summed E-state index contributed by atoms with van der Waals surface area (Å²) >= 11 is 1.40. The van der Waals surface area contributed by atoms with Gasteiger partial charge in [0.2, 0.25) is 5.91 Å². The van der Waals surface area contributed by atoms with Crippen LogP contribution in [0.5, 0.6) is 0 Å². The highest BCUT2D eigenvalue weighted by molar-refractivity contribution is 7.99. The van der Waals surface area contributed by atoms with E-state index < -0.39 is 0 Å². The molecule has 3 rings (SSSR count). The number of anilines is 1. The quantitative estimate of drug-likeness (QED) is 0.363. The topological polar surface area (TPSA) is 76.9 Å². The second kappa shape index (κ2) is 10.9. The summed E-state index contributed by atoms with van der Waals surface area (Å²) in [7, 11) is 0. The van der Waals surface area contributed by atoms with E-state index in [1.54, 1.807) is 24.3 Å². The fraction of sp³-hybridized carbons (Fsp3) is 0.333. The SMILES string of the molecule is CCn1c(Cc2ccccc2)nnc1SCC(=O)c1ccc(NC(=O)CC(C)C)cc1. The number of carbonyl (C=O) groups excluding carboxylic acids is 2. The first-order valence-electron chi connectivity index (χ1n) is 10.5. The first kappa shape index (κ1) is 22.7. The second-order valence-corrected chi connectivity index (χ2v) is 8.68. The van der Waals surface area contributed by atoms with E-state index in [1.807, 2.05) is 32.0 Å². The molecule has 0 aliphatic carbocycles. The summed E-state index contributed by atoms with van der Waals surface area (Å²) in [6.07, 6.45) is 1.18. The highest BCUT2D eigenvalue weighted by Gasteiger charge is 2.15. The molecule has 162 valence electrons. The van der Waals surface area contributed by atoms with Gasteiger partial charge in [0.25, 0.3) is 0 Å². The maximum Gasteiger partial charge on any atom is 0.224 e. The van der Waals surface area contributed by atoms with Gasteiger partial charge in [-0.3, -0.25) is 9.59 Å². The number of carbonyl (C=O) groups is 2. The minimum absolute atomic E-state index is 0.0142. The smallest absolute Gasteiger partial charge is 0.224 e. The summed E-state index contributed by atoms with van der Waals surface area (Å²) < 4.78 is 2.05. The van der Waals surface area contributed by atoms with Gasteiger partial charge in [-0.2, -0.15) is 0 Å². The Kier molecular flexibility index (Phi) is 8.00. The molecule has 1 heterocycles. The molecule has 1 aromatic heterocycles. The summed E-state index contributed by atoms with van der Waals surface area (Å²) in [5, 5.41) is 12.2. The van der Waals surface area contributed by atoms with Crippen molar-refractivity contribution >= 4 is 29.1 Å². The Bertz CT molecular complexity index is 1010. The van der Waals surface area contributed by atoms with Crippen LogP contribution in [-0.4, -0.2) is 32.2 Å². The Hall–Kier alpha value is -2.93. The number of amides is 1. The third kappa shape index (κ3) is 6.52. The van der Waals surface area contributed by atoms with E-state index in [-0.39, 0.29) is 17.4 Å². The predicted octanol–water partition coefficient (Wildman–Crippen LogP) is 4.85. The monoisotopic (exact) mass is 436 g/mol. The fourth-order valence-corrected chi connectivity index (χ4v) is 4.10. The zero-order valence-electron chi connectivity index (χ0n) is 18.2. The average molecular weight is 437 g/mol. The van der Waals surface area contributed by atoms with Crippen LogP contribution in [0, 0.1) is 5.92 Å². The van der Waals surface area contributed by atoms with Gasteiger partial charge in [0, 0.05) is 30.6 Å². The van der Waals surface area contributed by atoms with E-state index in [0.717, 1.165) is 17.5 Å². The number of hydrogen-bond acceptors (Lipinski definition) is 5. The zero-order valence-corrected chi connectivity index (χ0v) is 19.0. The molecule has 6 nitrogen and oxygen atoms in total. The number of rotatable bonds is 10. The zero-order chi connectivity index (χ0) is 22.2. The largest absolute Gasteiger partial charge is 0.326 e. The number of Topliss-reactive ketones (excluding diaryl/α,β-unsaturated/α-hetero) is 1. The van der Waals surface area contributed by atoms with E-state index in [2.05, 4.69) is 39.1 Å². The Morgan fingerprint density at radius 1 is 1.03 bits per heavy atom. The molecule has 0 fully saturated rings. The molecule has 0 aliphatic rings. The molecule has 0 bridgehead atoms. The van der Waals surface area contributed by atoms with Gasteiger partial charge in [-0.05, 0) is 42.7 Å². The molecule has 0 saturated heterocycles. The number of benzene rings is 2. The van der Waals surface area contributed by atoms with Crippen molar-refractivity contribution in [3.05, 3.63) is 71.5 Å². The fourth-order valence-electron chi connectivity index (χ4n) is 3.19. The lowest BCUT2D eigenvalue weighted by Crippen LogP contribution is -2.14.